The van der Waals surface area contributed by atoms with E-state index in [0.717, 1.165) is 56.5 Å². The van der Waals surface area contributed by atoms with Gasteiger partial charge in [0.25, 0.3) is 0 Å². The monoisotopic (exact) mass is 386 g/mol. The fourth-order valence-electron chi connectivity index (χ4n) is 3.60. The van der Waals surface area contributed by atoms with E-state index in [9.17, 15) is 0 Å². The summed E-state index contributed by atoms with van der Waals surface area (Å²) in [6.07, 6.45) is 1.92. The summed E-state index contributed by atoms with van der Waals surface area (Å²) in [5.74, 6) is 2.74. The molecular formula is C20H30N6O2. The minimum atomic E-state index is 0.0246. The topological polar surface area (TPSA) is 80.4 Å². The zero-order chi connectivity index (χ0) is 19.7. The molecule has 2 fully saturated rings. The molecule has 0 aromatic carbocycles. The van der Waals surface area contributed by atoms with Gasteiger partial charge in [0, 0.05) is 43.7 Å². The van der Waals surface area contributed by atoms with Crippen LogP contribution in [0.3, 0.4) is 0 Å². The summed E-state index contributed by atoms with van der Waals surface area (Å²) < 4.78 is 11.3. The highest BCUT2D eigenvalue weighted by molar-refractivity contribution is 5.42. The lowest BCUT2D eigenvalue weighted by Gasteiger charge is -2.44. The summed E-state index contributed by atoms with van der Waals surface area (Å²) in [7, 11) is 2.11. The highest BCUT2D eigenvalue weighted by Crippen LogP contribution is 2.27. The van der Waals surface area contributed by atoms with Gasteiger partial charge in [0.2, 0.25) is 11.8 Å². The molecule has 0 N–H and O–H groups in total. The first-order chi connectivity index (χ1) is 13.4. The summed E-state index contributed by atoms with van der Waals surface area (Å²) in [6, 6.07) is 4.60. The molecule has 2 aromatic heterocycles. The quantitative estimate of drug-likeness (QED) is 0.775. The molecule has 28 heavy (non-hydrogen) atoms. The van der Waals surface area contributed by atoms with E-state index in [-0.39, 0.29) is 5.41 Å². The molecule has 0 spiro atoms. The molecule has 0 aliphatic carbocycles. The summed E-state index contributed by atoms with van der Waals surface area (Å²) in [4.78, 5) is 4.52. The fraction of sp³-hybridized carbons (Fsp3) is 0.700. The zero-order valence-corrected chi connectivity index (χ0v) is 17.3. The molecule has 4 heterocycles. The van der Waals surface area contributed by atoms with Gasteiger partial charge in [-0.3, -0.25) is 4.90 Å². The summed E-state index contributed by atoms with van der Waals surface area (Å²) in [5, 5.41) is 17.3. The summed E-state index contributed by atoms with van der Waals surface area (Å²) >= 11 is 0. The molecule has 2 aromatic rings. The van der Waals surface area contributed by atoms with E-state index in [0.29, 0.717) is 24.4 Å². The van der Waals surface area contributed by atoms with Crippen LogP contribution in [0.1, 0.15) is 57.0 Å². The lowest BCUT2D eigenvalue weighted by molar-refractivity contribution is 0.0786. The predicted molar refractivity (Wildman–Crippen MR) is 105 cm³/mol. The van der Waals surface area contributed by atoms with Crippen LogP contribution < -0.4 is 4.90 Å². The smallest absolute Gasteiger partial charge is 0.230 e. The van der Waals surface area contributed by atoms with Crippen LogP contribution in [-0.2, 0) is 16.7 Å². The van der Waals surface area contributed by atoms with Crippen molar-refractivity contribution in [2.45, 2.75) is 57.5 Å². The third-order valence-corrected chi connectivity index (χ3v) is 5.67. The second-order valence-electron chi connectivity index (χ2n) is 8.92. The van der Waals surface area contributed by atoms with Crippen molar-refractivity contribution in [2.24, 2.45) is 0 Å². The van der Waals surface area contributed by atoms with Gasteiger partial charge in [-0.1, -0.05) is 20.8 Å². The van der Waals surface area contributed by atoms with Crippen LogP contribution in [-0.4, -0.2) is 64.7 Å². The van der Waals surface area contributed by atoms with E-state index < -0.39 is 0 Å². The SMILES string of the molecule is CN(Cc1nnc(C2CCOCC2)o1)C1CN(c2ccc(C(C)(C)C)nn2)C1. The number of aromatic nitrogens is 4. The summed E-state index contributed by atoms with van der Waals surface area (Å²) in [5.41, 5.74) is 1.04. The van der Waals surface area contributed by atoms with Gasteiger partial charge in [-0.15, -0.1) is 15.3 Å². The third kappa shape index (κ3) is 4.17. The average molecular weight is 387 g/mol. The minimum Gasteiger partial charge on any atom is -0.424 e. The molecule has 0 unspecified atom stereocenters. The highest BCUT2D eigenvalue weighted by atomic mass is 16.5. The van der Waals surface area contributed by atoms with Gasteiger partial charge < -0.3 is 14.1 Å². The van der Waals surface area contributed by atoms with Crippen molar-refractivity contribution in [3.63, 3.8) is 0 Å². The standard InChI is InChI=1S/C20H30N6O2/c1-20(2,3)16-5-6-17(22-21-16)26-11-15(12-26)25(4)13-18-23-24-19(28-18)14-7-9-27-10-8-14/h5-6,14-15H,7-13H2,1-4H3. The Morgan fingerprint density at radius 1 is 1.07 bits per heavy atom. The van der Waals surface area contributed by atoms with Crippen LogP contribution in [0.5, 0.6) is 0 Å². The van der Waals surface area contributed by atoms with Crippen LogP contribution >= 0.6 is 0 Å². The number of nitrogens with zero attached hydrogens (tertiary/aromatic N) is 6. The molecular weight excluding hydrogens is 356 g/mol. The van der Waals surface area contributed by atoms with Crippen molar-refractivity contribution in [2.75, 3.05) is 38.3 Å². The number of rotatable bonds is 5. The maximum absolute atomic E-state index is 5.91. The average Bonchev–Trinajstić information content (AvgIpc) is 3.09. The van der Waals surface area contributed by atoms with E-state index in [4.69, 9.17) is 9.15 Å². The van der Waals surface area contributed by atoms with Crippen molar-refractivity contribution in [1.29, 1.82) is 0 Å². The molecule has 0 atom stereocenters. The molecule has 0 radical (unpaired) electrons. The van der Waals surface area contributed by atoms with E-state index in [1.165, 1.54) is 0 Å². The van der Waals surface area contributed by atoms with Crippen LogP contribution in [0.2, 0.25) is 0 Å². The Morgan fingerprint density at radius 3 is 2.46 bits per heavy atom. The van der Waals surface area contributed by atoms with Crippen molar-refractivity contribution in [1.82, 2.24) is 25.3 Å². The van der Waals surface area contributed by atoms with Gasteiger partial charge >= 0.3 is 0 Å². The molecule has 2 aliphatic rings. The van der Waals surface area contributed by atoms with Gasteiger partial charge in [-0.05, 0) is 32.0 Å². The lowest BCUT2D eigenvalue weighted by atomic mass is 9.92. The molecule has 2 aliphatic heterocycles. The molecule has 2 saturated heterocycles. The Balaban J connectivity index is 1.28. The molecule has 8 nitrogen and oxygen atoms in total. The molecule has 152 valence electrons. The second-order valence-corrected chi connectivity index (χ2v) is 8.92. The normalized spacial score (nSPS) is 19.2. The van der Waals surface area contributed by atoms with E-state index >= 15 is 0 Å². The van der Waals surface area contributed by atoms with Crippen molar-refractivity contribution < 1.29 is 9.15 Å². The fourth-order valence-corrected chi connectivity index (χ4v) is 3.60. The van der Waals surface area contributed by atoms with Crippen LogP contribution in [0.25, 0.3) is 0 Å². The van der Waals surface area contributed by atoms with E-state index in [1.54, 1.807) is 0 Å². The molecule has 8 heteroatoms. The molecule has 0 amide bonds. The van der Waals surface area contributed by atoms with E-state index in [2.05, 4.69) is 70.1 Å². The third-order valence-electron chi connectivity index (χ3n) is 5.67. The maximum atomic E-state index is 5.91. The van der Waals surface area contributed by atoms with Gasteiger partial charge in [0.1, 0.15) is 0 Å². The predicted octanol–water partition coefficient (Wildman–Crippen LogP) is 2.37. The zero-order valence-electron chi connectivity index (χ0n) is 17.3. The minimum absolute atomic E-state index is 0.0246. The summed E-state index contributed by atoms with van der Waals surface area (Å²) in [6.45, 7) is 10.5. The van der Waals surface area contributed by atoms with Crippen LogP contribution in [0, 0.1) is 0 Å². The number of anilines is 1. The largest absolute Gasteiger partial charge is 0.424 e. The first-order valence-electron chi connectivity index (χ1n) is 10.1. The highest BCUT2D eigenvalue weighted by Gasteiger charge is 2.32. The number of hydrogen-bond acceptors (Lipinski definition) is 8. The van der Waals surface area contributed by atoms with Crippen molar-refractivity contribution in [3.8, 4) is 0 Å². The van der Waals surface area contributed by atoms with Crippen LogP contribution in [0.4, 0.5) is 5.82 Å². The Morgan fingerprint density at radius 2 is 1.82 bits per heavy atom. The second kappa shape index (κ2) is 7.75. The van der Waals surface area contributed by atoms with Crippen molar-refractivity contribution in [3.05, 3.63) is 29.6 Å². The lowest BCUT2D eigenvalue weighted by Crippen LogP contribution is -2.58. The Kier molecular flexibility index (Phi) is 5.33. The van der Waals surface area contributed by atoms with Gasteiger partial charge in [0.05, 0.1) is 12.2 Å². The molecule has 0 saturated carbocycles. The Hall–Kier alpha value is -2.06. The number of hydrogen-bond donors (Lipinski definition) is 0. The van der Waals surface area contributed by atoms with Gasteiger partial charge in [-0.25, -0.2) is 0 Å². The Labute approximate surface area is 166 Å². The van der Waals surface area contributed by atoms with Gasteiger partial charge in [0.15, 0.2) is 5.82 Å². The number of likely N-dealkylation sites (N-methyl/N-ethyl adjacent to an activating group) is 1. The molecule has 4 rings (SSSR count). The van der Waals surface area contributed by atoms with E-state index in [1.807, 2.05) is 0 Å². The van der Waals surface area contributed by atoms with Crippen molar-refractivity contribution >= 4 is 5.82 Å². The van der Waals surface area contributed by atoms with Crippen LogP contribution in [0.15, 0.2) is 16.5 Å². The first-order valence-corrected chi connectivity index (χ1v) is 10.1. The molecule has 0 bridgehead atoms. The maximum Gasteiger partial charge on any atom is 0.230 e. The number of ether oxygens (including phenoxy) is 1. The Bertz CT molecular complexity index is 773. The first kappa shape index (κ1) is 19.3. The van der Waals surface area contributed by atoms with Gasteiger partial charge in [-0.2, -0.15) is 5.10 Å².